The van der Waals surface area contributed by atoms with E-state index in [2.05, 4.69) is 4.98 Å². The van der Waals surface area contributed by atoms with Gasteiger partial charge in [-0.05, 0) is 48.0 Å². The second kappa shape index (κ2) is 8.47. The van der Waals surface area contributed by atoms with Gasteiger partial charge in [0.2, 0.25) is 0 Å². The Hall–Kier alpha value is -3.06. The van der Waals surface area contributed by atoms with E-state index in [-0.39, 0.29) is 12.2 Å². The minimum Gasteiger partial charge on any atom is -0.493 e. The summed E-state index contributed by atoms with van der Waals surface area (Å²) in [5, 5.41) is 1.08. The zero-order chi connectivity index (χ0) is 22.2. The number of ether oxygens (including phenoxy) is 2. The number of hydrogen-bond acceptors (Lipinski definition) is 5. The maximum absolute atomic E-state index is 13.0. The Labute approximate surface area is 197 Å². The first-order valence-corrected chi connectivity index (χ1v) is 11.3. The fourth-order valence-electron chi connectivity index (χ4n) is 3.48. The van der Waals surface area contributed by atoms with Crippen molar-refractivity contribution in [1.82, 2.24) is 9.38 Å². The predicted molar refractivity (Wildman–Crippen MR) is 129 cm³/mol. The van der Waals surface area contributed by atoms with Gasteiger partial charge in [0.05, 0.1) is 22.7 Å². The van der Waals surface area contributed by atoms with Gasteiger partial charge >= 0.3 is 0 Å². The summed E-state index contributed by atoms with van der Waals surface area (Å²) in [4.78, 5) is 18.2. The van der Waals surface area contributed by atoms with Crippen LogP contribution in [0.15, 0.2) is 65.5 Å². The molecule has 0 bridgehead atoms. The fraction of sp³-hybridized carbons (Fsp3) is 0.0833. The van der Waals surface area contributed by atoms with Gasteiger partial charge in [-0.15, -0.1) is 0 Å². The zero-order valence-electron chi connectivity index (χ0n) is 16.8. The van der Waals surface area contributed by atoms with Crippen LogP contribution in [0.5, 0.6) is 11.5 Å². The molecule has 5 rings (SSSR count). The van der Waals surface area contributed by atoms with E-state index in [1.165, 1.54) is 11.3 Å². The maximum Gasteiger partial charge on any atom is 0.274 e. The Kier molecular flexibility index (Phi) is 5.51. The van der Waals surface area contributed by atoms with Crippen LogP contribution in [0, 0.1) is 0 Å². The molecule has 5 aromatic rings. The van der Waals surface area contributed by atoms with Gasteiger partial charge in [0.1, 0.15) is 6.61 Å². The van der Waals surface area contributed by atoms with Crippen molar-refractivity contribution in [2.24, 2.45) is 0 Å². The van der Waals surface area contributed by atoms with Crippen LogP contribution in [0.3, 0.4) is 0 Å². The van der Waals surface area contributed by atoms with E-state index < -0.39 is 0 Å². The lowest BCUT2D eigenvalue weighted by atomic mass is 10.2. The van der Waals surface area contributed by atoms with Crippen LogP contribution >= 0.6 is 34.5 Å². The van der Waals surface area contributed by atoms with E-state index in [1.54, 1.807) is 35.8 Å². The summed E-state index contributed by atoms with van der Waals surface area (Å²) in [7, 11) is 1.57. The number of thiazole rings is 1. The van der Waals surface area contributed by atoms with Gasteiger partial charge in [0.25, 0.3) is 5.56 Å². The number of halogens is 2. The van der Waals surface area contributed by atoms with E-state index in [0.717, 1.165) is 16.6 Å². The summed E-state index contributed by atoms with van der Waals surface area (Å²) < 4.78 is 13.6. The first-order chi connectivity index (χ1) is 15.5. The Morgan fingerprint density at radius 2 is 1.81 bits per heavy atom. The predicted octanol–water partition coefficient (Wildman–Crippen LogP) is 5.35. The van der Waals surface area contributed by atoms with E-state index in [9.17, 15) is 4.79 Å². The van der Waals surface area contributed by atoms with Crippen LogP contribution in [0.1, 0.15) is 11.1 Å². The van der Waals surface area contributed by atoms with Gasteiger partial charge < -0.3 is 9.47 Å². The van der Waals surface area contributed by atoms with E-state index in [1.807, 2.05) is 42.5 Å². The fourth-order valence-corrected chi connectivity index (χ4v) is 4.97. The summed E-state index contributed by atoms with van der Waals surface area (Å²) in [5.41, 5.74) is 3.05. The molecule has 0 amide bonds. The summed E-state index contributed by atoms with van der Waals surface area (Å²) >= 11 is 13.8. The molecule has 8 heteroatoms. The monoisotopic (exact) mass is 482 g/mol. The normalized spacial score (nSPS) is 12.0. The molecule has 0 atom stereocenters. The lowest BCUT2D eigenvalue weighted by molar-refractivity contribution is 0.284. The van der Waals surface area contributed by atoms with Gasteiger partial charge in [-0.25, -0.2) is 9.38 Å². The quantitative estimate of drug-likeness (QED) is 0.338. The summed E-state index contributed by atoms with van der Waals surface area (Å²) in [6.45, 7) is 0.206. The molecule has 3 aromatic carbocycles. The standard InChI is InChI=1S/C24H16Cl2N2O3S/c1-30-21-11-14(9-10-20(21)31-13-15-16(25)5-4-6-17(15)26)12-22-23(29)28-19-8-3-2-7-18(19)27-24(28)32-22/h2-12H,13H2,1H3. The van der Waals surface area contributed by atoms with Crippen molar-refractivity contribution in [2.75, 3.05) is 7.11 Å². The van der Waals surface area contributed by atoms with Crippen LogP contribution < -0.4 is 19.6 Å². The minimum atomic E-state index is -0.0913. The maximum atomic E-state index is 13.0. The largest absolute Gasteiger partial charge is 0.493 e. The summed E-state index contributed by atoms with van der Waals surface area (Å²) in [6.07, 6.45) is 1.83. The van der Waals surface area contributed by atoms with Crippen LogP contribution in [0.2, 0.25) is 10.0 Å². The van der Waals surface area contributed by atoms with Crippen LogP contribution in [0.25, 0.3) is 22.1 Å². The first kappa shape index (κ1) is 20.8. The highest BCUT2D eigenvalue weighted by Gasteiger charge is 2.12. The molecule has 0 unspecified atom stereocenters. The highest BCUT2D eigenvalue weighted by molar-refractivity contribution is 7.15. The van der Waals surface area contributed by atoms with Crippen LogP contribution in [0.4, 0.5) is 0 Å². The second-order valence-corrected chi connectivity index (χ2v) is 8.86. The third-order valence-electron chi connectivity index (χ3n) is 5.06. The van der Waals surface area contributed by atoms with E-state index in [0.29, 0.717) is 36.6 Å². The Balaban J connectivity index is 1.48. The van der Waals surface area contributed by atoms with E-state index in [4.69, 9.17) is 32.7 Å². The van der Waals surface area contributed by atoms with E-state index >= 15 is 0 Å². The molecule has 0 aliphatic heterocycles. The molecule has 2 aromatic heterocycles. The number of para-hydroxylation sites is 2. The van der Waals surface area contributed by atoms with Crippen molar-refractivity contribution in [3.63, 3.8) is 0 Å². The Morgan fingerprint density at radius 3 is 2.59 bits per heavy atom. The van der Waals surface area contributed by atoms with Crippen molar-refractivity contribution in [3.8, 4) is 11.5 Å². The number of fused-ring (bicyclic) bond motifs is 3. The minimum absolute atomic E-state index is 0.0913. The molecule has 160 valence electrons. The molecular formula is C24H16Cl2N2O3S. The van der Waals surface area contributed by atoms with Crippen molar-refractivity contribution in [2.45, 2.75) is 6.61 Å². The Bertz CT molecular complexity index is 1560. The molecule has 0 fully saturated rings. The van der Waals surface area contributed by atoms with Crippen LogP contribution in [-0.2, 0) is 6.61 Å². The number of methoxy groups -OCH3 is 1. The van der Waals surface area contributed by atoms with Gasteiger partial charge in [0, 0.05) is 15.6 Å². The van der Waals surface area contributed by atoms with Crippen molar-refractivity contribution < 1.29 is 9.47 Å². The molecule has 0 saturated heterocycles. The molecule has 0 saturated carbocycles. The number of nitrogens with zero attached hydrogens (tertiary/aromatic N) is 2. The van der Waals surface area contributed by atoms with Gasteiger partial charge in [-0.1, -0.05) is 58.8 Å². The third kappa shape index (κ3) is 3.71. The highest BCUT2D eigenvalue weighted by atomic mass is 35.5. The lowest BCUT2D eigenvalue weighted by Crippen LogP contribution is -2.22. The average Bonchev–Trinajstić information content (AvgIpc) is 3.30. The SMILES string of the molecule is COc1cc(C=c2sc3nc4ccccc4n3c2=O)ccc1OCc1c(Cl)cccc1Cl. The molecule has 2 heterocycles. The topological polar surface area (TPSA) is 52.8 Å². The third-order valence-corrected chi connectivity index (χ3v) is 6.74. The first-order valence-electron chi connectivity index (χ1n) is 9.70. The molecular weight excluding hydrogens is 467 g/mol. The molecule has 0 aliphatic rings. The zero-order valence-corrected chi connectivity index (χ0v) is 19.2. The molecule has 32 heavy (non-hydrogen) atoms. The van der Waals surface area contributed by atoms with Gasteiger partial charge in [-0.2, -0.15) is 0 Å². The van der Waals surface area contributed by atoms with Crippen molar-refractivity contribution in [1.29, 1.82) is 0 Å². The average molecular weight is 483 g/mol. The molecule has 0 radical (unpaired) electrons. The smallest absolute Gasteiger partial charge is 0.274 e. The number of hydrogen-bond donors (Lipinski definition) is 0. The molecule has 0 spiro atoms. The number of rotatable bonds is 5. The number of aromatic nitrogens is 2. The van der Waals surface area contributed by atoms with Crippen molar-refractivity contribution >= 4 is 56.6 Å². The second-order valence-electron chi connectivity index (χ2n) is 7.03. The molecule has 0 N–H and O–H groups in total. The summed E-state index contributed by atoms with van der Waals surface area (Å²) in [6, 6.07) is 18.4. The lowest BCUT2D eigenvalue weighted by Gasteiger charge is -2.13. The summed E-state index contributed by atoms with van der Waals surface area (Å²) in [5.74, 6) is 1.09. The highest BCUT2D eigenvalue weighted by Crippen LogP contribution is 2.31. The van der Waals surface area contributed by atoms with Crippen LogP contribution in [-0.4, -0.2) is 16.5 Å². The number of imidazole rings is 1. The van der Waals surface area contributed by atoms with Crippen molar-refractivity contribution in [3.05, 3.63) is 96.7 Å². The molecule has 0 aliphatic carbocycles. The molecule has 5 nitrogen and oxygen atoms in total. The van der Waals surface area contributed by atoms with Gasteiger partial charge in [-0.3, -0.25) is 4.79 Å². The Morgan fingerprint density at radius 1 is 1.03 bits per heavy atom. The van der Waals surface area contributed by atoms with Gasteiger partial charge in [0.15, 0.2) is 16.5 Å². The number of benzene rings is 3.